The Labute approximate surface area is 118 Å². The summed E-state index contributed by atoms with van der Waals surface area (Å²) in [7, 11) is -1.34. The van der Waals surface area contributed by atoms with Crippen LogP contribution in [0.15, 0.2) is 35.4 Å². The lowest BCUT2D eigenvalue weighted by Crippen LogP contribution is -2.07. The second-order valence-corrected chi connectivity index (χ2v) is 7.14. The molecule has 3 aromatic rings. The van der Waals surface area contributed by atoms with Crippen molar-refractivity contribution >= 4 is 31.6 Å². The maximum atomic E-state index is 12.1. The summed E-state index contributed by atoms with van der Waals surface area (Å²) in [4.78, 5) is 4.31. The first-order valence-corrected chi connectivity index (χ1v) is 8.18. The van der Waals surface area contributed by atoms with E-state index >= 15 is 0 Å². The average molecular weight is 288 g/mol. The van der Waals surface area contributed by atoms with E-state index in [2.05, 4.69) is 4.98 Å². The van der Waals surface area contributed by atoms with Gasteiger partial charge in [-0.25, -0.2) is 13.4 Å². The fourth-order valence-corrected chi connectivity index (χ4v) is 3.50. The molecule has 0 aliphatic carbocycles. The highest BCUT2D eigenvalue weighted by Crippen LogP contribution is 2.31. The van der Waals surface area contributed by atoms with Crippen molar-refractivity contribution in [2.75, 3.05) is 5.75 Å². The Morgan fingerprint density at radius 3 is 2.60 bits per heavy atom. The Hall–Kier alpha value is -1.88. The third-order valence-corrected chi connectivity index (χ3v) is 5.36. The standard InChI is InChI=1S/C15H16N2O2S/c1-4-20(18,19)14-9-13-15(10(2)16-14)11-7-5-6-8-12(11)17(13)3/h5-9H,4H2,1-3H3. The molecular formula is C15H16N2O2S. The van der Waals surface area contributed by atoms with Gasteiger partial charge < -0.3 is 4.57 Å². The van der Waals surface area contributed by atoms with Crippen molar-refractivity contribution in [3.8, 4) is 0 Å². The van der Waals surface area contributed by atoms with E-state index in [1.54, 1.807) is 13.0 Å². The smallest absolute Gasteiger partial charge is 0.195 e. The molecule has 2 aromatic heterocycles. The third-order valence-electron chi connectivity index (χ3n) is 3.75. The van der Waals surface area contributed by atoms with Crippen molar-refractivity contribution in [3.05, 3.63) is 36.0 Å². The zero-order chi connectivity index (χ0) is 14.5. The van der Waals surface area contributed by atoms with Crippen LogP contribution in [0.3, 0.4) is 0 Å². The van der Waals surface area contributed by atoms with Crippen LogP contribution in [-0.2, 0) is 16.9 Å². The summed E-state index contributed by atoms with van der Waals surface area (Å²) < 4.78 is 26.1. The van der Waals surface area contributed by atoms with Gasteiger partial charge in [0, 0.05) is 29.0 Å². The van der Waals surface area contributed by atoms with Crippen molar-refractivity contribution in [1.82, 2.24) is 9.55 Å². The molecular weight excluding hydrogens is 272 g/mol. The molecule has 0 atom stereocenters. The summed E-state index contributed by atoms with van der Waals surface area (Å²) in [5.74, 6) is 0.0644. The maximum Gasteiger partial charge on any atom is 0.195 e. The third kappa shape index (κ3) is 1.73. The molecule has 0 unspecified atom stereocenters. The fourth-order valence-electron chi connectivity index (χ4n) is 2.64. The summed E-state index contributed by atoms with van der Waals surface area (Å²) in [6.07, 6.45) is 0. The Morgan fingerprint density at radius 2 is 1.90 bits per heavy atom. The van der Waals surface area contributed by atoms with Crippen molar-refractivity contribution in [1.29, 1.82) is 0 Å². The molecule has 4 nitrogen and oxygen atoms in total. The van der Waals surface area contributed by atoms with Gasteiger partial charge in [0.15, 0.2) is 14.9 Å². The monoisotopic (exact) mass is 288 g/mol. The molecule has 3 rings (SSSR count). The molecule has 5 heteroatoms. The predicted molar refractivity (Wildman–Crippen MR) is 80.7 cm³/mol. The van der Waals surface area contributed by atoms with Crippen LogP contribution in [0.5, 0.6) is 0 Å². The second-order valence-electron chi connectivity index (χ2n) is 4.92. The Morgan fingerprint density at radius 1 is 1.20 bits per heavy atom. The highest BCUT2D eigenvalue weighted by atomic mass is 32.2. The topological polar surface area (TPSA) is 52.0 Å². The zero-order valence-electron chi connectivity index (χ0n) is 11.7. The van der Waals surface area contributed by atoms with Gasteiger partial charge >= 0.3 is 0 Å². The van der Waals surface area contributed by atoms with Crippen LogP contribution in [0.25, 0.3) is 21.8 Å². The van der Waals surface area contributed by atoms with Gasteiger partial charge in [-0.3, -0.25) is 0 Å². The number of fused-ring (bicyclic) bond motifs is 3. The summed E-state index contributed by atoms with van der Waals surface area (Å²) in [6.45, 7) is 3.50. The summed E-state index contributed by atoms with van der Waals surface area (Å²) in [5.41, 5.74) is 2.75. The molecule has 0 amide bonds. The normalized spacial score (nSPS) is 12.3. The Balaban J connectivity index is 2.50. The van der Waals surface area contributed by atoms with Crippen LogP contribution in [0.4, 0.5) is 0 Å². The first-order chi connectivity index (χ1) is 9.45. The molecule has 2 heterocycles. The van der Waals surface area contributed by atoms with E-state index < -0.39 is 9.84 Å². The van der Waals surface area contributed by atoms with Crippen molar-refractivity contribution in [3.63, 3.8) is 0 Å². The maximum absolute atomic E-state index is 12.1. The quantitative estimate of drug-likeness (QED) is 0.728. The summed E-state index contributed by atoms with van der Waals surface area (Å²) in [6, 6.07) is 9.72. The van der Waals surface area contributed by atoms with E-state index in [9.17, 15) is 8.42 Å². The van der Waals surface area contributed by atoms with Crippen molar-refractivity contribution in [2.45, 2.75) is 18.9 Å². The molecule has 104 valence electrons. The zero-order valence-corrected chi connectivity index (χ0v) is 12.5. The number of para-hydroxylation sites is 1. The fraction of sp³-hybridized carbons (Fsp3) is 0.267. The van der Waals surface area contributed by atoms with Gasteiger partial charge in [-0.1, -0.05) is 25.1 Å². The minimum Gasteiger partial charge on any atom is -0.343 e. The first-order valence-electron chi connectivity index (χ1n) is 6.53. The molecule has 0 saturated carbocycles. The van der Waals surface area contributed by atoms with Gasteiger partial charge in [-0.15, -0.1) is 0 Å². The summed E-state index contributed by atoms with van der Waals surface area (Å²) in [5, 5.41) is 2.30. The van der Waals surface area contributed by atoms with E-state index in [1.807, 2.05) is 42.8 Å². The molecule has 0 N–H and O–H groups in total. The van der Waals surface area contributed by atoms with Gasteiger partial charge in [-0.2, -0.15) is 0 Å². The number of pyridine rings is 1. The molecule has 0 aliphatic rings. The van der Waals surface area contributed by atoms with E-state index in [0.29, 0.717) is 0 Å². The lowest BCUT2D eigenvalue weighted by molar-refractivity contribution is 0.593. The van der Waals surface area contributed by atoms with Crippen LogP contribution in [0.2, 0.25) is 0 Å². The van der Waals surface area contributed by atoms with Crippen LogP contribution >= 0.6 is 0 Å². The highest BCUT2D eigenvalue weighted by Gasteiger charge is 2.18. The second kappa shape index (κ2) is 4.31. The number of hydrogen-bond acceptors (Lipinski definition) is 3. The van der Waals surface area contributed by atoms with E-state index in [-0.39, 0.29) is 10.8 Å². The summed E-state index contributed by atoms with van der Waals surface area (Å²) >= 11 is 0. The van der Waals surface area contributed by atoms with Gasteiger partial charge in [0.2, 0.25) is 0 Å². The van der Waals surface area contributed by atoms with Crippen LogP contribution in [0, 0.1) is 6.92 Å². The molecule has 0 fully saturated rings. The van der Waals surface area contributed by atoms with Crippen LogP contribution in [-0.4, -0.2) is 23.7 Å². The molecule has 0 spiro atoms. The number of hydrogen-bond donors (Lipinski definition) is 0. The predicted octanol–water partition coefficient (Wildman–Crippen LogP) is 2.83. The highest BCUT2D eigenvalue weighted by molar-refractivity contribution is 7.91. The lowest BCUT2D eigenvalue weighted by Gasteiger charge is -2.05. The van der Waals surface area contributed by atoms with E-state index in [4.69, 9.17) is 0 Å². The van der Waals surface area contributed by atoms with Crippen molar-refractivity contribution in [2.24, 2.45) is 7.05 Å². The molecule has 0 bridgehead atoms. The van der Waals surface area contributed by atoms with Gasteiger partial charge in [-0.05, 0) is 19.1 Å². The van der Waals surface area contributed by atoms with Crippen LogP contribution in [0.1, 0.15) is 12.6 Å². The average Bonchev–Trinajstić information content (AvgIpc) is 2.73. The Bertz CT molecular complexity index is 924. The SMILES string of the molecule is CCS(=O)(=O)c1cc2c(c(C)n1)c1ccccc1n2C. The minimum absolute atomic E-state index is 0.0644. The van der Waals surface area contributed by atoms with Gasteiger partial charge in [0.1, 0.15) is 0 Å². The molecule has 20 heavy (non-hydrogen) atoms. The lowest BCUT2D eigenvalue weighted by atomic mass is 10.1. The molecule has 0 radical (unpaired) electrons. The van der Waals surface area contributed by atoms with Crippen molar-refractivity contribution < 1.29 is 8.42 Å². The number of benzene rings is 1. The molecule has 1 aromatic carbocycles. The number of rotatable bonds is 2. The number of sulfone groups is 1. The number of aromatic nitrogens is 2. The van der Waals surface area contributed by atoms with Crippen LogP contribution < -0.4 is 0 Å². The molecule has 0 aliphatic heterocycles. The first kappa shape index (κ1) is 13.1. The van der Waals surface area contributed by atoms with E-state index in [0.717, 1.165) is 27.5 Å². The number of nitrogens with zero attached hydrogens (tertiary/aromatic N) is 2. The van der Waals surface area contributed by atoms with Gasteiger partial charge in [0.25, 0.3) is 0 Å². The molecule has 0 saturated heterocycles. The number of aryl methyl sites for hydroxylation is 2. The minimum atomic E-state index is -3.29. The largest absolute Gasteiger partial charge is 0.343 e. The van der Waals surface area contributed by atoms with Gasteiger partial charge in [0.05, 0.1) is 11.3 Å². The Kier molecular flexibility index (Phi) is 2.83. The van der Waals surface area contributed by atoms with E-state index in [1.165, 1.54) is 0 Å².